The van der Waals surface area contributed by atoms with E-state index in [-0.39, 0.29) is 24.4 Å². The minimum absolute atomic E-state index is 0.0590. The molecule has 2 rings (SSSR count). The van der Waals surface area contributed by atoms with E-state index in [1.54, 1.807) is 23.2 Å². The molecule has 1 saturated heterocycles. The van der Waals surface area contributed by atoms with Gasteiger partial charge < -0.3 is 19.4 Å². The molecule has 1 aromatic rings. The highest BCUT2D eigenvalue weighted by molar-refractivity contribution is 5.95. The number of likely N-dealkylation sites (tertiary alicyclic amines) is 1. The summed E-state index contributed by atoms with van der Waals surface area (Å²) < 4.78 is 10.9. The van der Waals surface area contributed by atoms with Crippen LogP contribution in [0.1, 0.15) is 44.1 Å². The number of ether oxygens (including phenoxy) is 2. The Balaban J connectivity index is 1.73. The van der Waals surface area contributed by atoms with Gasteiger partial charge in [-0.2, -0.15) is 0 Å². The number of H-pyrrole nitrogens is 1. The minimum atomic E-state index is -0.483. The average Bonchev–Trinajstić information content (AvgIpc) is 3.00. The summed E-state index contributed by atoms with van der Waals surface area (Å²) in [5.41, 5.74) is 0.0761. The smallest absolute Gasteiger partial charge is 0.410 e. The molecule has 0 saturated carbocycles. The maximum Gasteiger partial charge on any atom is 0.410 e. The van der Waals surface area contributed by atoms with Gasteiger partial charge in [0.2, 0.25) is 5.78 Å². The molecule has 0 bridgehead atoms. The van der Waals surface area contributed by atoms with Crippen molar-refractivity contribution in [1.29, 1.82) is 0 Å². The molecule has 128 valence electrons. The highest BCUT2D eigenvalue weighted by Gasteiger charge is 2.27. The Labute approximate surface area is 137 Å². The van der Waals surface area contributed by atoms with E-state index in [0.717, 1.165) is 12.8 Å². The molecule has 0 spiro atoms. The number of amides is 1. The van der Waals surface area contributed by atoms with Gasteiger partial charge in [0.15, 0.2) is 0 Å². The quantitative estimate of drug-likeness (QED) is 0.846. The second-order valence-electron chi connectivity index (χ2n) is 6.96. The highest BCUT2D eigenvalue weighted by Crippen LogP contribution is 2.19. The number of hydrogen-bond donors (Lipinski definition) is 1. The Bertz CT molecular complexity index is 519. The number of carbonyl (C=O) groups excluding carboxylic acids is 2. The van der Waals surface area contributed by atoms with Crippen LogP contribution in [0.3, 0.4) is 0 Å². The van der Waals surface area contributed by atoms with Gasteiger partial charge >= 0.3 is 6.09 Å². The zero-order valence-corrected chi connectivity index (χ0v) is 14.1. The lowest BCUT2D eigenvalue weighted by molar-refractivity contribution is 0.00784. The Kier molecular flexibility index (Phi) is 5.82. The Hall–Kier alpha value is -1.82. The number of piperidine rings is 1. The van der Waals surface area contributed by atoms with E-state index in [1.807, 2.05) is 20.8 Å². The van der Waals surface area contributed by atoms with E-state index in [4.69, 9.17) is 9.47 Å². The molecule has 0 aromatic carbocycles. The molecule has 1 atom stereocenters. The van der Waals surface area contributed by atoms with Crippen LogP contribution in [0.15, 0.2) is 18.3 Å². The summed E-state index contributed by atoms with van der Waals surface area (Å²) in [5.74, 6) is 0.183. The number of hydrogen-bond acceptors (Lipinski definition) is 4. The summed E-state index contributed by atoms with van der Waals surface area (Å²) in [4.78, 5) is 28.5. The number of rotatable bonds is 5. The molecule has 0 unspecified atom stereocenters. The van der Waals surface area contributed by atoms with Crippen LogP contribution in [-0.4, -0.2) is 53.7 Å². The number of ketones is 1. The van der Waals surface area contributed by atoms with Gasteiger partial charge in [-0.05, 0) is 45.7 Å². The molecule has 1 N–H and O–H groups in total. The number of nitrogens with one attached hydrogen (secondary N) is 1. The van der Waals surface area contributed by atoms with Crippen LogP contribution in [0.25, 0.3) is 0 Å². The fourth-order valence-electron chi connectivity index (χ4n) is 2.59. The van der Waals surface area contributed by atoms with Crippen molar-refractivity contribution in [2.75, 3.05) is 26.3 Å². The highest BCUT2D eigenvalue weighted by atomic mass is 16.6. The van der Waals surface area contributed by atoms with Crippen molar-refractivity contribution in [1.82, 2.24) is 9.88 Å². The second-order valence-corrected chi connectivity index (χ2v) is 6.96. The van der Waals surface area contributed by atoms with Crippen molar-refractivity contribution >= 4 is 11.9 Å². The van der Waals surface area contributed by atoms with Crippen molar-refractivity contribution in [3.8, 4) is 0 Å². The number of aromatic amines is 1. The third kappa shape index (κ3) is 5.71. The van der Waals surface area contributed by atoms with Crippen LogP contribution in [0.2, 0.25) is 0 Å². The predicted molar refractivity (Wildman–Crippen MR) is 86.5 cm³/mol. The molecule has 6 nitrogen and oxygen atoms in total. The summed E-state index contributed by atoms with van der Waals surface area (Å²) in [6.07, 6.45) is 3.37. The van der Waals surface area contributed by atoms with Gasteiger partial charge in [0.05, 0.1) is 12.3 Å². The van der Waals surface area contributed by atoms with Crippen LogP contribution in [0.4, 0.5) is 4.79 Å². The lowest BCUT2D eigenvalue weighted by Crippen LogP contribution is -2.43. The molecule has 0 radical (unpaired) electrons. The van der Waals surface area contributed by atoms with Gasteiger partial charge in [-0.15, -0.1) is 0 Å². The van der Waals surface area contributed by atoms with Crippen LogP contribution in [0.5, 0.6) is 0 Å². The van der Waals surface area contributed by atoms with Crippen LogP contribution >= 0.6 is 0 Å². The summed E-state index contributed by atoms with van der Waals surface area (Å²) in [6.45, 7) is 7.46. The number of aromatic nitrogens is 1. The van der Waals surface area contributed by atoms with Gasteiger partial charge in [-0.25, -0.2) is 4.79 Å². The lowest BCUT2D eigenvalue weighted by Gasteiger charge is -2.34. The van der Waals surface area contributed by atoms with Gasteiger partial charge in [0, 0.05) is 25.2 Å². The molecule has 2 heterocycles. The SMILES string of the molecule is CC(C)(C)OC(=O)N1CCC[C@H](COCC(=O)c2ccc[nH]2)C1. The summed E-state index contributed by atoms with van der Waals surface area (Å²) in [6, 6.07) is 3.52. The van der Waals surface area contributed by atoms with E-state index in [1.165, 1.54) is 0 Å². The first-order valence-electron chi connectivity index (χ1n) is 8.07. The van der Waals surface area contributed by atoms with Crippen molar-refractivity contribution in [3.63, 3.8) is 0 Å². The molecule has 6 heteroatoms. The largest absolute Gasteiger partial charge is 0.444 e. The monoisotopic (exact) mass is 322 g/mol. The molecular weight excluding hydrogens is 296 g/mol. The van der Waals surface area contributed by atoms with Gasteiger partial charge in [-0.3, -0.25) is 4.79 Å². The van der Waals surface area contributed by atoms with Crippen LogP contribution in [0, 0.1) is 5.92 Å². The van der Waals surface area contributed by atoms with E-state index < -0.39 is 5.60 Å². The van der Waals surface area contributed by atoms with Gasteiger partial charge in [0.1, 0.15) is 12.2 Å². The summed E-state index contributed by atoms with van der Waals surface area (Å²) in [7, 11) is 0. The minimum Gasteiger partial charge on any atom is -0.444 e. The zero-order valence-electron chi connectivity index (χ0n) is 14.1. The average molecular weight is 322 g/mol. The Morgan fingerprint density at radius 2 is 2.17 bits per heavy atom. The molecular formula is C17H26N2O4. The van der Waals surface area contributed by atoms with E-state index in [2.05, 4.69) is 4.98 Å². The number of Topliss-reactive ketones (excluding diaryl/α,β-unsaturated/α-hetero) is 1. The van der Waals surface area contributed by atoms with Crippen molar-refractivity contribution in [3.05, 3.63) is 24.0 Å². The Morgan fingerprint density at radius 1 is 1.39 bits per heavy atom. The van der Waals surface area contributed by atoms with E-state index >= 15 is 0 Å². The fraction of sp³-hybridized carbons (Fsp3) is 0.647. The van der Waals surface area contributed by atoms with E-state index in [0.29, 0.717) is 25.4 Å². The standard InChI is InChI=1S/C17H26N2O4/c1-17(2,3)23-16(21)19-9-5-6-13(10-19)11-22-12-15(20)14-7-4-8-18-14/h4,7-8,13,18H,5-6,9-12H2,1-3H3/t13-/m0/s1. The maximum atomic E-state index is 12.1. The van der Waals surface area contributed by atoms with Crippen molar-refractivity contribution in [2.24, 2.45) is 5.92 Å². The maximum absolute atomic E-state index is 12.1. The summed E-state index contributed by atoms with van der Waals surface area (Å²) in [5, 5.41) is 0. The van der Waals surface area contributed by atoms with Crippen LogP contribution < -0.4 is 0 Å². The molecule has 1 aliphatic heterocycles. The third-order valence-corrected chi connectivity index (χ3v) is 3.66. The van der Waals surface area contributed by atoms with Crippen LogP contribution in [-0.2, 0) is 9.47 Å². The molecule has 1 fully saturated rings. The lowest BCUT2D eigenvalue weighted by atomic mass is 9.99. The molecule has 1 amide bonds. The van der Waals surface area contributed by atoms with Crippen molar-refractivity contribution < 1.29 is 19.1 Å². The molecule has 1 aromatic heterocycles. The molecule has 1 aliphatic rings. The third-order valence-electron chi connectivity index (χ3n) is 3.66. The first-order chi connectivity index (χ1) is 10.8. The summed E-state index contributed by atoms with van der Waals surface area (Å²) >= 11 is 0. The fourth-order valence-corrected chi connectivity index (χ4v) is 2.59. The zero-order chi connectivity index (χ0) is 16.9. The molecule has 23 heavy (non-hydrogen) atoms. The number of carbonyl (C=O) groups is 2. The first-order valence-corrected chi connectivity index (χ1v) is 8.07. The van der Waals surface area contributed by atoms with E-state index in [9.17, 15) is 9.59 Å². The number of nitrogens with zero attached hydrogens (tertiary/aromatic N) is 1. The first kappa shape index (κ1) is 17.5. The topological polar surface area (TPSA) is 71.6 Å². The molecule has 0 aliphatic carbocycles. The van der Waals surface area contributed by atoms with Gasteiger partial charge in [-0.1, -0.05) is 0 Å². The Morgan fingerprint density at radius 3 is 2.83 bits per heavy atom. The van der Waals surface area contributed by atoms with Gasteiger partial charge in [0.25, 0.3) is 0 Å². The van der Waals surface area contributed by atoms with Crippen molar-refractivity contribution in [2.45, 2.75) is 39.2 Å². The predicted octanol–water partition coefficient (Wildman–Crippen LogP) is 2.86. The normalized spacial score (nSPS) is 18.7. The second kappa shape index (κ2) is 7.64.